The Hall–Kier alpha value is -2.66. The second-order valence-electron chi connectivity index (χ2n) is 8.96. The molecule has 0 unspecified atom stereocenters. The van der Waals surface area contributed by atoms with Crippen molar-refractivity contribution in [2.45, 2.75) is 51.8 Å². The molecule has 0 saturated carbocycles. The number of ether oxygens (including phenoxy) is 1. The molecule has 0 fully saturated rings. The van der Waals surface area contributed by atoms with E-state index in [1.54, 1.807) is 7.11 Å². The van der Waals surface area contributed by atoms with Gasteiger partial charge in [-0.25, -0.2) is 17.5 Å². The fourth-order valence-electron chi connectivity index (χ4n) is 3.97. The Morgan fingerprint density at radius 3 is 2.35 bits per heavy atom. The lowest BCUT2D eigenvalue weighted by Gasteiger charge is -2.25. The molecule has 4 N–H and O–H groups in total. The number of nitrogens with zero attached hydrogens (tertiary/aromatic N) is 1. The normalized spacial score (nSPS) is 13.2. The van der Waals surface area contributed by atoms with E-state index in [2.05, 4.69) is 16.0 Å². The van der Waals surface area contributed by atoms with Crippen LogP contribution in [0.1, 0.15) is 37.8 Å². The van der Waals surface area contributed by atoms with Crippen LogP contribution in [0, 0.1) is 0 Å². The lowest BCUT2D eigenvalue weighted by atomic mass is 10.0. The first-order chi connectivity index (χ1) is 17.8. The number of hydrogen-bond donors (Lipinski definition) is 4. The minimum atomic E-state index is -3.46. The number of carbonyl (C=O) groups is 1. The summed E-state index contributed by atoms with van der Waals surface area (Å²) in [6.45, 7) is 5.59. The van der Waals surface area contributed by atoms with E-state index in [1.165, 1.54) is 4.31 Å². The van der Waals surface area contributed by atoms with Gasteiger partial charge in [0.15, 0.2) is 0 Å². The van der Waals surface area contributed by atoms with Crippen molar-refractivity contribution in [3.63, 3.8) is 0 Å². The van der Waals surface area contributed by atoms with E-state index in [0.717, 1.165) is 29.7 Å². The topological polar surface area (TPSA) is 120 Å². The third-order valence-electron chi connectivity index (χ3n) is 5.88. The first-order valence-electron chi connectivity index (χ1n) is 12.9. The second-order valence-corrected chi connectivity index (χ2v) is 11.0. The van der Waals surface area contributed by atoms with Crippen LogP contribution in [0.4, 0.5) is 4.79 Å². The van der Waals surface area contributed by atoms with Crippen LogP contribution in [-0.4, -0.2) is 75.0 Å². The summed E-state index contributed by atoms with van der Waals surface area (Å²) in [6.07, 6.45) is 1.02. The highest BCUT2D eigenvalue weighted by Crippen LogP contribution is 2.12. The predicted molar refractivity (Wildman–Crippen MR) is 147 cm³/mol. The molecule has 0 saturated heterocycles. The summed E-state index contributed by atoms with van der Waals surface area (Å²) >= 11 is 0. The van der Waals surface area contributed by atoms with Gasteiger partial charge in [0.1, 0.15) is 5.75 Å². The van der Waals surface area contributed by atoms with Gasteiger partial charge >= 0.3 is 6.03 Å². The maximum atomic E-state index is 12.6. The van der Waals surface area contributed by atoms with Crippen LogP contribution >= 0.6 is 0 Å². The molecule has 2 atom stereocenters. The van der Waals surface area contributed by atoms with E-state index in [0.29, 0.717) is 26.1 Å². The smallest absolute Gasteiger partial charge is 0.315 e. The Kier molecular flexibility index (Phi) is 13.4. The number of amides is 2. The molecule has 2 rings (SSSR count). The number of sulfonamides is 1. The molecule has 2 aromatic carbocycles. The van der Waals surface area contributed by atoms with Gasteiger partial charge < -0.3 is 25.8 Å². The summed E-state index contributed by atoms with van der Waals surface area (Å²) in [7, 11) is -1.84. The van der Waals surface area contributed by atoms with E-state index in [1.807, 2.05) is 68.4 Å². The molecule has 0 spiro atoms. The second kappa shape index (κ2) is 16.2. The molecular weight excluding hydrogens is 492 g/mol. The Bertz CT molecular complexity index is 1030. The maximum Gasteiger partial charge on any atom is 0.315 e. The minimum absolute atomic E-state index is 0.0136. The number of urea groups is 1. The van der Waals surface area contributed by atoms with Gasteiger partial charge in [-0.05, 0) is 42.5 Å². The van der Waals surface area contributed by atoms with Crippen molar-refractivity contribution in [3.8, 4) is 5.75 Å². The van der Waals surface area contributed by atoms with E-state index < -0.39 is 28.2 Å². The molecule has 37 heavy (non-hydrogen) atoms. The molecule has 0 radical (unpaired) electrons. The van der Waals surface area contributed by atoms with Crippen LogP contribution in [0.3, 0.4) is 0 Å². The summed E-state index contributed by atoms with van der Waals surface area (Å²) in [6, 6.07) is 16.2. The largest absolute Gasteiger partial charge is 0.497 e. The number of benzene rings is 2. The number of nitrogens with one attached hydrogen (secondary N) is 3. The van der Waals surface area contributed by atoms with Gasteiger partial charge in [-0.15, -0.1) is 0 Å². The van der Waals surface area contributed by atoms with E-state index in [4.69, 9.17) is 4.74 Å². The molecule has 0 aromatic heterocycles. The molecule has 0 bridgehead atoms. The van der Waals surface area contributed by atoms with Crippen molar-refractivity contribution in [1.29, 1.82) is 0 Å². The zero-order valence-electron chi connectivity index (χ0n) is 22.2. The van der Waals surface area contributed by atoms with Gasteiger partial charge in [-0.1, -0.05) is 56.3 Å². The molecule has 10 heteroatoms. The average molecular weight is 535 g/mol. The van der Waals surface area contributed by atoms with Gasteiger partial charge in [-0.2, -0.15) is 0 Å². The third kappa shape index (κ3) is 11.1. The van der Waals surface area contributed by atoms with Crippen molar-refractivity contribution >= 4 is 16.1 Å². The Balaban J connectivity index is 1.94. The zero-order valence-corrected chi connectivity index (χ0v) is 23.0. The average Bonchev–Trinajstić information content (AvgIpc) is 2.88. The van der Waals surface area contributed by atoms with Crippen molar-refractivity contribution in [3.05, 3.63) is 65.7 Å². The standard InChI is InChI=1S/C27H42N4O5S/c1-4-15-31(16-5-2)37(34,35)17-14-29-27(33)30-25(19-22-10-7-6-8-11-22)26(32)21-28-20-23-12-9-13-24(18-23)36-3/h6-13,18,25-26,28,32H,4-5,14-17,19-21H2,1-3H3,(H2,29,30,33)/t25-,26-/m0/s1. The van der Waals surface area contributed by atoms with Gasteiger partial charge in [0.05, 0.1) is 25.0 Å². The molecule has 2 aromatic rings. The van der Waals surface area contributed by atoms with Crippen LogP contribution in [0.25, 0.3) is 0 Å². The number of aliphatic hydroxyl groups excluding tert-OH is 1. The number of methoxy groups -OCH3 is 1. The Labute approximate surface area is 221 Å². The highest BCUT2D eigenvalue weighted by atomic mass is 32.2. The Morgan fingerprint density at radius 2 is 1.70 bits per heavy atom. The highest BCUT2D eigenvalue weighted by molar-refractivity contribution is 7.89. The molecule has 2 amide bonds. The molecule has 0 aliphatic rings. The van der Waals surface area contributed by atoms with Gasteiger partial charge in [0.25, 0.3) is 0 Å². The first-order valence-corrected chi connectivity index (χ1v) is 14.5. The van der Waals surface area contributed by atoms with Crippen LogP contribution in [-0.2, 0) is 23.0 Å². The van der Waals surface area contributed by atoms with E-state index in [9.17, 15) is 18.3 Å². The maximum absolute atomic E-state index is 12.6. The number of aliphatic hydroxyl groups is 1. The molecular formula is C27H42N4O5S. The van der Waals surface area contributed by atoms with Crippen LogP contribution in [0.15, 0.2) is 54.6 Å². The quantitative estimate of drug-likeness (QED) is 0.248. The third-order valence-corrected chi connectivity index (χ3v) is 7.75. The predicted octanol–water partition coefficient (Wildman–Crippen LogP) is 2.51. The minimum Gasteiger partial charge on any atom is -0.497 e. The lowest BCUT2D eigenvalue weighted by molar-refractivity contribution is 0.126. The zero-order chi connectivity index (χ0) is 27.1. The molecule has 206 valence electrons. The monoisotopic (exact) mass is 534 g/mol. The molecule has 0 heterocycles. The summed E-state index contributed by atoms with van der Waals surface area (Å²) in [4.78, 5) is 12.6. The Morgan fingerprint density at radius 1 is 1.03 bits per heavy atom. The van der Waals surface area contributed by atoms with Crippen molar-refractivity contribution in [2.75, 3.05) is 39.0 Å². The van der Waals surface area contributed by atoms with Crippen LogP contribution in [0.5, 0.6) is 5.75 Å². The summed E-state index contributed by atoms with van der Waals surface area (Å²) in [5.41, 5.74) is 1.98. The van der Waals surface area contributed by atoms with Crippen molar-refractivity contribution in [1.82, 2.24) is 20.3 Å². The van der Waals surface area contributed by atoms with Gasteiger partial charge in [-0.3, -0.25) is 0 Å². The fourth-order valence-corrected chi connectivity index (χ4v) is 5.51. The lowest BCUT2D eigenvalue weighted by Crippen LogP contribution is -2.52. The van der Waals surface area contributed by atoms with Crippen molar-refractivity contribution in [2.24, 2.45) is 0 Å². The molecule has 0 aliphatic carbocycles. The van der Waals surface area contributed by atoms with Crippen LogP contribution < -0.4 is 20.7 Å². The summed E-state index contributed by atoms with van der Waals surface area (Å²) in [5.74, 6) is 0.587. The number of carbonyl (C=O) groups excluding carboxylic acids is 1. The number of hydrogen-bond acceptors (Lipinski definition) is 6. The molecule has 9 nitrogen and oxygen atoms in total. The van der Waals surface area contributed by atoms with E-state index >= 15 is 0 Å². The summed E-state index contributed by atoms with van der Waals surface area (Å²) in [5, 5.41) is 19.6. The van der Waals surface area contributed by atoms with E-state index in [-0.39, 0.29) is 18.8 Å². The van der Waals surface area contributed by atoms with Crippen molar-refractivity contribution < 1.29 is 23.1 Å². The van der Waals surface area contributed by atoms with Gasteiger partial charge in [0, 0.05) is 32.7 Å². The van der Waals surface area contributed by atoms with Crippen LogP contribution in [0.2, 0.25) is 0 Å². The SMILES string of the molecule is CCCN(CCC)S(=O)(=O)CCNC(=O)N[C@@H](Cc1ccccc1)[C@@H](O)CNCc1cccc(OC)c1. The van der Waals surface area contributed by atoms with Gasteiger partial charge in [0.2, 0.25) is 10.0 Å². The first kappa shape index (κ1) is 30.6. The summed E-state index contributed by atoms with van der Waals surface area (Å²) < 4.78 is 32.0. The number of rotatable bonds is 17. The highest BCUT2D eigenvalue weighted by Gasteiger charge is 2.23. The molecule has 0 aliphatic heterocycles. The fraction of sp³-hybridized carbons (Fsp3) is 0.519.